The van der Waals surface area contributed by atoms with Crippen molar-refractivity contribution in [2.75, 3.05) is 13.1 Å². The van der Waals surface area contributed by atoms with E-state index < -0.39 is 0 Å². The van der Waals surface area contributed by atoms with Gasteiger partial charge in [0, 0.05) is 43.3 Å². The van der Waals surface area contributed by atoms with E-state index in [0.717, 1.165) is 37.1 Å². The number of aryl methyl sites for hydroxylation is 3. The van der Waals surface area contributed by atoms with Gasteiger partial charge in [-0.15, -0.1) is 0 Å². The molecule has 1 amide bonds. The first-order valence-electron chi connectivity index (χ1n) is 10.6. The van der Waals surface area contributed by atoms with Gasteiger partial charge in [-0.1, -0.05) is 5.16 Å². The van der Waals surface area contributed by atoms with Crippen molar-refractivity contribution in [3.05, 3.63) is 58.3 Å². The van der Waals surface area contributed by atoms with Crippen LogP contribution in [0.1, 0.15) is 36.5 Å². The van der Waals surface area contributed by atoms with Crippen molar-refractivity contribution in [1.82, 2.24) is 29.6 Å². The smallest absolute Gasteiger partial charge is 0.341 e. The van der Waals surface area contributed by atoms with Gasteiger partial charge in [0.05, 0.1) is 5.56 Å². The molecule has 3 aromatic heterocycles. The zero-order chi connectivity index (χ0) is 21.8. The van der Waals surface area contributed by atoms with E-state index in [0.29, 0.717) is 36.3 Å². The number of carbonyl (C=O) groups is 1. The molecule has 0 aliphatic carbocycles. The third-order valence-electron chi connectivity index (χ3n) is 5.66. The molecule has 1 aliphatic heterocycles. The van der Waals surface area contributed by atoms with Crippen LogP contribution in [0.5, 0.6) is 0 Å². The molecule has 0 radical (unpaired) electrons. The van der Waals surface area contributed by atoms with E-state index in [2.05, 4.69) is 20.1 Å². The highest BCUT2D eigenvalue weighted by molar-refractivity contribution is 5.76. The second kappa shape index (κ2) is 9.20. The summed E-state index contributed by atoms with van der Waals surface area (Å²) in [6, 6.07) is 5.53. The van der Waals surface area contributed by atoms with Gasteiger partial charge in [-0.25, -0.2) is 4.79 Å². The molecule has 0 aromatic carbocycles. The number of nitrogens with zero attached hydrogens (tertiary/aromatic N) is 6. The molecule has 1 fully saturated rings. The highest BCUT2D eigenvalue weighted by Crippen LogP contribution is 2.22. The molecule has 0 bridgehead atoms. The van der Waals surface area contributed by atoms with Gasteiger partial charge in [0.1, 0.15) is 6.54 Å². The number of hydrogen-bond acceptors (Lipinski definition) is 7. The lowest BCUT2D eigenvalue weighted by atomic mass is 9.93. The molecule has 9 heteroatoms. The number of carbonyl (C=O) groups excluding carboxylic acids is 1. The van der Waals surface area contributed by atoms with Crippen molar-refractivity contribution >= 4 is 5.91 Å². The molecule has 1 saturated heterocycles. The first kappa shape index (κ1) is 20.9. The number of piperidine rings is 1. The van der Waals surface area contributed by atoms with E-state index in [4.69, 9.17) is 4.52 Å². The van der Waals surface area contributed by atoms with Crippen LogP contribution in [0.4, 0.5) is 0 Å². The fourth-order valence-electron chi connectivity index (χ4n) is 4.02. The third-order valence-corrected chi connectivity index (χ3v) is 5.66. The van der Waals surface area contributed by atoms with E-state index in [1.807, 2.05) is 30.0 Å². The maximum absolute atomic E-state index is 12.8. The number of amides is 1. The Labute approximate surface area is 180 Å². The molecule has 0 saturated carbocycles. The van der Waals surface area contributed by atoms with E-state index >= 15 is 0 Å². The molecule has 9 nitrogen and oxygen atoms in total. The van der Waals surface area contributed by atoms with Crippen molar-refractivity contribution in [2.24, 2.45) is 5.92 Å². The molecular formula is C22H26N6O3. The van der Waals surface area contributed by atoms with Crippen LogP contribution in [0, 0.1) is 19.8 Å². The fourth-order valence-corrected chi connectivity index (χ4v) is 4.02. The van der Waals surface area contributed by atoms with E-state index in [9.17, 15) is 9.59 Å². The maximum Gasteiger partial charge on any atom is 0.348 e. The lowest BCUT2D eigenvalue weighted by Gasteiger charge is -2.33. The highest BCUT2D eigenvalue weighted by atomic mass is 16.5. The lowest BCUT2D eigenvalue weighted by molar-refractivity contribution is -0.133. The van der Waals surface area contributed by atoms with Crippen molar-refractivity contribution < 1.29 is 9.32 Å². The van der Waals surface area contributed by atoms with Gasteiger partial charge in [-0.2, -0.15) is 9.97 Å². The summed E-state index contributed by atoms with van der Waals surface area (Å²) in [5.74, 6) is 1.46. The zero-order valence-electron chi connectivity index (χ0n) is 17.8. The molecule has 1 atom stereocenters. The monoisotopic (exact) mass is 422 g/mol. The molecule has 3 aromatic rings. The van der Waals surface area contributed by atoms with E-state index in [1.165, 1.54) is 4.57 Å². The molecule has 0 spiro atoms. The third kappa shape index (κ3) is 5.04. The normalized spacial score (nSPS) is 16.5. The number of likely N-dealkylation sites (tertiary alicyclic amines) is 1. The molecule has 31 heavy (non-hydrogen) atoms. The molecule has 4 heterocycles. The van der Waals surface area contributed by atoms with Gasteiger partial charge < -0.3 is 9.42 Å². The van der Waals surface area contributed by atoms with Crippen LogP contribution in [0.15, 0.2) is 39.9 Å². The summed E-state index contributed by atoms with van der Waals surface area (Å²) in [5.41, 5.74) is 1.84. The summed E-state index contributed by atoms with van der Waals surface area (Å²) >= 11 is 0. The molecular weight excluding hydrogens is 396 g/mol. The first-order chi connectivity index (χ1) is 15.0. The Morgan fingerprint density at radius 3 is 2.94 bits per heavy atom. The van der Waals surface area contributed by atoms with Crippen LogP contribution in [-0.2, 0) is 17.8 Å². The number of rotatable bonds is 6. The van der Waals surface area contributed by atoms with Gasteiger partial charge in [0.25, 0.3) is 5.89 Å². The Hall–Kier alpha value is -3.36. The van der Waals surface area contributed by atoms with Gasteiger partial charge >= 0.3 is 5.69 Å². The van der Waals surface area contributed by atoms with Crippen molar-refractivity contribution in [3.63, 3.8) is 0 Å². The fraction of sp³-hybridized carbons (Fsp3) is 0.455. The molecule has 1 aliphatic rings. The Morgan fingerprint density at radius 2 is 2.16 bits per heavy atom. The Morgan fingerprint density at radius 1 is 1.29 bits per heavy atom. The summed E-state index contributed by atoms with van der Waals surface area (Å²) in [6.07, 6.45) is 6.96. The Balaban J connectivity index is 1.33. The zero-order valence-corrected chi connectivity index (χ0v) is 17.8. The Kier molecular flexibility index (Phi) is 6.20. The number of aromatic nitrogens is 5. The van der Waals surface area contributed by atoms with Crippen LogP contribution in [-0.4, -0.2) is 48.6 Å². The number of pyridine rings is 1. The minimum Gasteiger partial charge on any atom is -0.341 e. The summed E-state index contributed by atoms with van der Waals surface area (Å²) in [7, 11) is 0. The summed E-state index contributed by atoms with van der Waals surface area (Å²) < 4.78 is 6.79. The molecule has 162 valence electrons. The molecule has 0 N–H and O–H groups in total. The van der Waals surface area contributed by atoms with Crippen LogP contribution < -0.4 is 5.69 Å². The minimum atomic E-state index is -0.374. The lowest BCUT2D eigenvalue weighted by Crippen LogP contribution is -2.43. The van der Waals surface area contributed by atoms with Gasteiger partial charge in [-0.05, 0) is 57.2 Å². The quantitative estimate of drug-likeness (QED) is 0.599. The second-order valence-corrected chi connectivity index (χ2v) is 8.05. The van der Waals surface area contributed by atoms with Crippen molar-refractivity contribution in [1.29, 1.82) is 0 Å². The predicted molar refractivity (Wildman–Crippen MR) is 113 cm³/mol. The van der Waals surface area contributed by atoms with Gasteiger partial charge in [-0.3, -0.25) is 14.3 Å². The second-order valence-electron chi connectivity index (χ2n) is 8.05. The highest BCUT2D eigenvalue weighted by Gasteiger charge is 2.25. The van der Waals surface area contributed by atoms with Gasteiger partial charge in [0.2, 0.25) is 5.91 Å². The standard InChI is InChI=1S/C22H26N6O3/c1-15-11-16(2)28(22(30)24-15)14-20(29)27-10-4-5-17(13-27)7-8-19-25-21(31-26-19)18-6-3-9-23-12-18/h3,6,9,11-12,17H,4-5,7-8,10,13-14H2,1-2H3. The first-order valence-corrected chi connectivity index (χ1v) is 10.6. The van der Waals surface area contributed by atoms with E-state index in [1.54, 1.807) is 19.3 Å². The largest absolute Gasteiger partial charge is 0.348 e. The predicted octanol–water partition coefficient (Wildman–Crippen LogP) is 2.18. The van der Waals surface area contributed by atoms with Crippen molar-refractivity contribution in [2.45, 2.75) is 46.1 Å². The molecule has 4 rings (SSSR count). The van der Waals surface area contributed by atoms with E-state index in [-0.39, 0.29) is 18.1 Å². The average molecular weight is 422 g/mol. The Bertz CT molecular complexity index is 1110. The van der Waals surface area contributed by atoms with Crippen LogP contribution in [0.2, 0.25) is 0 Å². The summed E-state index contributed by atoms with van der Waals surface area (Å²) in [4.78, 5) is 39.3. The minimum absolute atomic E-state index is 0.0317. The van der Waals surface area contributed by atoms with Crippen molar-refractivity contribution in [3.8, 4) is 11.5 Å². The average Bonchev–Trinajstić information content (AvgIpc) is 3.24. The van der Waals surface area contributed by atoms with Crippen LogP contribution in [0.25, 0.3) is 11.5 Å². The number of hydrogen-bond donors (Lipinski definition) is 0. The summed E-state index contributed by atoms with van der Waals surface area (Å²) in [5, 5.41) is 4.07. The summed E-state index contributed by atoms with van der Waals surface area (Å²) in [6.45, 7) is 5.03. The van der Waals surface area contributed by atoms with Gasteiger partial charge in [0.15, 0.2) is 5.82 Å². The van der Waals surface area contributed by atoms with Crippen LogP contribution in [0.3, 0.4) is 0 Å². The maximum atomic E-state index is 12.8. The SMILES string of the molecule is Cc1cc(C)n(CC(=O)N2CCCC(CCc3noc(-c4cccnc4)n3)C2)c(=O)n1. The topological polar surface area (TPSA) is 107 Å². The molecule has 1 unspecified atom stereocenters. The van der Waals surface area contributed by atoms with Crippen LogP contribution >= 0.6 is 0 Å².